The Hall–Kier alpha value is -1.65. The number of fused-ring (bicyclic) bond motifs is 1. The molecule has 1 aromatic carbocycles. The molecular weight excluding hydrogens is 280 g/mol. The fourth-order valence-electron chi connectivity index (χ4n) is 1.71. The molecule has 0 aliphatic heterocycles. The molecule has 0 unspecified atom stereocenters. The molecule has 0 fully saturated rings. The van der Waals surface area contributed by atoms with Crippen molar-refractivity contribution in [3.63, 3.8) is 0 Å². The monoisotopic (exact) mass is 290 g/mol. The molecule has 0 bridgehead atoms. The van der Waals surface area contributed by atoms with E-state index < -0.39 is 0 Å². The van der Waals surface area contributed by atoms with Crippen molar-refractivity contribution in [2.24, 2.45) is 0 Å². The SMILES string of the molecule is Cc1ccc(OCc2nc(Cl)c3ccsc3n2)cc1. The van der Waals surface area contributed by atoms with Crippen LogP contribution in [0.1, 0.15) is 11.4 Å². The van der Waals surface area contributed by atoms with Crippen LogP contribution in [-0.2, 0) is 6.61 Å². The summed E-state index contributed by atoms with van der Waals surface area (Å²) < 4.78 is 5.65. The highest BCUT2D eigenvalue weighted by atomic mass is 35.5. The van der Waals surface area contributed by atoms with Crippen molar-refractivity contribution in [3.8, 4) is 5.75 Å². The summed E-state index contributed by atoms with van der Waals surface area (Å²) in [5.74, 6) is 1.40. The van der Waals surface area contributed by atoms with E-state index in [1.807, 2.05) is 42.6 Å². The number of nitrogens with zero attached hydrogens (tertiary/aromatic N) is 2. The van der Waals surface area contributed by atoms with Gasteiger partial charge in [0.15, 0.2) is 5.82 Å². The zero-order chi connectivity index (χ0) is 13.2. The number of hydrogen-bond acceptors (Lipinski definition) is 4. The lowest BCUT2D eigenvalue weighted by Gasteiger charge is -2.06. The highest BCUT2D eigenvalue weighted by Crippen LogP contribution is 2.25. The predicted molar refractivity (Wildman–Crippen MR) is 77.9 cm³/mol. The van der Waals surface area contributed by atoms with E-state index in [-0.39, 0.29) is 0 Å². The maximum atomic E-state index is 6.11. The molecule has 2 heterocycles. The average molecular weight is 291 g/mol. The third-order valence-corrected chi connectivity index (χ3v) is 3.81. The van der Waals surface area contributed by atoms with Gasteiger partial charge in [0.2, 0.25) is 0 Å². The van der Waals surface area contributed by atoms with E-state index in [0.717, 1.165) is 16.0 Å². The molecule has 19 heavy (non-hydrogen) atoms. The second kappa shape index (κ2) is 5.15. The van der Waals surface area contributed by atoms with Crippen LogP contribution in [0.4, 0.5) is 0 Å². The first-order valence-corrected chi connectivity index (χ1v) is 7.07. The number of thiophene rings is 1. The van der Waals surface area contributed by atoms with Crippen molar-refractivity contribution in [2.45, 2.75) is 13.5 Å². The summed E-state index contributed by atoms with van der Waals surface area (Å²) in [4.78, 5) is 9.56. The largest absolute Gasteiger partial charge is 0.486 e. The van der Waals surface area contributed by atoms with Crippen molar-refractivity contribution < 1.29 is 4.74 Å². The van der Waals surface area contributed by atoms with Crippen LogP contribution in [0, 0.1) is 6.92 Å². The van der Waals surface area contributed by atoms with Gasteiger partial charge in [-0.1, -0.05) is 29.3 Å². The highest BCUT2D eigenvalue weighted by molar-refractivity contribution is 7.16. The first-order valence-electron chi connectivity index (χ1n) is 5.81. The van der Waals surface area contributed by atoms with E-state index in [9.17, 15) is 0 Å². The minimum Gasteiger partial charge on any atom is -0.486 e. The lowest BCUT2D eigenvalue weighted by Crippen LogP contribution is -2.01. The molecule has 0 aliphatic rings. The summed E-state index contributed by atoms with van der Waals surface area (Å²) in [6.45, 7) is 2.36. The molecule has 0 atom stereocenters. The number of aromatic nitrogens is 2. The number of benzene rings is 1. The third kappa shape index (κ3) is 2.69. The summed E-state index contributed by atoms with van der Waals surface area (Å²) in [5, 5.41) is 3.33. The van der Waals surface area contributed by atoms with Gasteiger partial charge in [-0.2, -0.15) is 0 Å². The van der Waals surface area contributed by atoms with Gasteiger partial charge >= 0.3 is 0 Å². The average Bonchev–Trinajstić information content (AvgIpc) is 2.87. The molecule has 0 aliphatic carbocycles. The molecule has 2 aromatic heterocycles. The molecule has 0 saturated carbocycles. The Morgan fingerprint density at radius 2 is 1.95 bits per heavy atom. The molecule has 0 saturated heterocycles. The molecule has 3 aromatic rings. The molecule has 3 rings (SSSR count). The molecule has 96 valence electrons. The Bertz CT molecular complexity index is 709. The summed E-state index contributed by atoms with van der Waals surface area (Å²) >= 11 is 7.65. The molecule has 5 heteroatoms. The quantitative estimate of drug-likeness (QED) is 0.677. The Morgan fingerprint density at radius 3 is 2.74 bits per heavy atom. The summed E-state index contributed by atoms with van der Waals surface area (Å²) in [7, 11) is 0. The number of ether oxygens (including phenoxy) is 1. The van der Waals surface area contributed by atoms with Gasteiger partial charge in [-0.05, 0) is 30.5 Å². The smallest absolute Gasteiger partial charge is 0.169 e. The van der Waals surface area contributed by atoms with Crippen LogP contribution >= 0.6 is 22.9 Å². The Kier molecular flexibility index (Phi) is 3.36. The number of rotatable bonds is 3. The maximum Gasteiger partial charge on any atom is 0.169 e. The second-order valence-corrected chi connectivity index (χ2v) is 5.42. The zero-order valence-corrected chi connectivity index (χ0v) is 11.8. The van der Waals surface area contributed by atoms with Gasteiger partial charge < -0.3 is 4.74 Å². The number of aryl methyl sites for hydroxylation is 1. The number of hydrogen-bond donors (Lipinski definition) is 0. The first-order chi connectivity index (χ1) is 9.22. The van der Waals surface area contributed by atoms with Gasteiger partial charge in [-0.3, -0.25) is 0 Å². The van der Waals surface area contributed by atoms with Crippen molar-refractivity contribution in [2.75, 3.05) is 0 Å². The zero-order valence-electron chi connectivity index (χ0n) is 10.3. The van der Waals surface area contributed by atoms with Crippen LogP contribution in [-0.4, -0.2) is 9.97 Å². The van der Waals surface area contributed by atoms with Crippen LogP contribution in [0.25, 0.3) is 10.2 Å². The molecular formula is C14H11ClN2OS. The van der Waals surface area contributed by atoms with E-state index in [1.165, 1.54) is 5.56 Å². The topological polar surface area (TPSA) is 35.0 Å². The van der Waals surface area contributed by atoms with Crippen molar-refractivity contribution in [1.29, 1.82) is 0 Å². The highest BCUT2D eigenvalue weighted by Gasteiger charge is 2.07. The molecule has 0 spiro atoms. The van der Waals surface area contributed by atoms with Crippen LogP contribution in [0.3, 0.4) is 0 Å². The summed E-state index contributed by atoms with van der Waals surface area (Å²) in [5.41, 5.74) is 1.20. The van der Waals surface area contributed by atoms with E-state index in [0.29, 0.717) is 17.6 Å². The lowest BCUT2D eigenvalue weighted by atomic mass is 10.2. The van der Waals surface area contributed by atoms with Crippen LogP contribution in [0.15, 0.2) is 35.7 Å². The summed E-state index contributed by atoms with van der Waals surface area (Å²) in [6.07, 6.45) is 0. The third-order valence-electron chi connectivity index (χ3n) is 2.71. The van der Waals surface area contributed by atoms with Crippen molar-refractivity contribution >= 4 is 33.2 Å². The Morgan fingerprint density at radius 1 is 1.16 bits per heavy atom. The molecule has 0 radical (unpaired) electrons. The summed E-state index contributed by atoms with van der Waals surface area (Å²) in [6, 6.07) is 9.80. The van der Waals surface area contributed by atoms with Crippen molar-refractivity contribution in [1.82, 2.24) is 9.97 Å². The van der Waals surface area contributed by atoms with Crippen LogP contribution in [0.2, 0.25) is 5.15 Å². The van der Waals surface area contributed by atoms with Crippen LogP contribution < -0.4 is 4.74 Å². The van der Waals surface area contributed by atoms with Crippen LogP contribution in [0.5, 0.6) is 5.75 Å². The van der Waals surface area contributed by atoms with Gasteiger partial charge in [-0.25, -0.2) is 9.97 Å². The van der Waals surface area contributed by atoms with Gasteiger partial charge in [0.05, 0.1) is 0 Å². The van der Waals surface area contributed by atoms with E-state index in [2.05, 4.69) is 9.97 Å². The van der Waals surface area contributed by atoms with Crippen molar-refractivity contribution in [3.05, 3.63) is 52.3 Å². The fourth-order valence-corrected chi connectivity index (χ4v) is 2.80. The standard InChI is InChI=1S/C14H11ClN2OS/c1-9-2-4-10(5-3-9)18-8-12-16-13(15)11-6-7-19-14(11)17-12/h2-7H,8H2,1H3. The lowest BCUT2D eigenvalue weighted by molar-refractivity contribution is 0.296. The molecule has 0 amide bonds. The molecule has 0 N–H and O–H groups in total. The first kappa shape index (κ1) is 12.4. The van der Waals surface area contributed by atoms with E-state index >= 15 is 0 Å². The minimum absolute atomic E-state index is 0.316. The Balaban J connectivity index is 1.79. The number of halogens is 1. The van der Waals surface area contributed by atoms with Gasteiger partial charge in [0.1, 0.15) is 22.3 Å². The van der Waals surface area contributed by atoms with E-state index in [1.54, 1.807) is 11.3 Å². The normalized spacial score (nSPS) is 10.8. The fraction of sp³-hybridized carbons (Fsp3) is 0.143. The predicted octanol–water partition coefficient (Wildman–Crippen LogP) is 4.23. The van der Waals surface area contributed by atoms with Gasteiger partial charge in [0, 0.05) is 5.39 Å². The second-order valence-electron chi connectivity index (χ2n) is 4.17. The Labute approximate surface area is 119 Å². The maximum absolute atomic E-state index is 6.11. The van der Waals surface area contributed by atoms with E-state index in [4.69, 9.17) is 16.3 Å². The molecule has 3 nitrogen and oxygen atoms in total. The van der Waals surface area contributed by atoms with Gasteiger partial charge in [0.25, 0.3) is 0 Å². The minimum atomic E-state index is 0.316. The van der Waals surface area contributed by atoms with Gasteiger partial charge in [-0.15, -0.1) is 11.3 Å².